The highest BCUT2D eigenvalue weighted by atomic mass is 32.2. The van der Waals surface area contributed by atoms with Crippen molar-refractivity contribution in [1.29, 1.82) is 0 Å². The highest BCUT2D eigenvalue weighted by molar-refractivity contribution is 7.99. The van der Waals surface area contributed by atoms with Crippen LogP contribution < -0.4 is 5.56 Å². The summed E-state index contributed by atoms with van der Waals surface area (Å²) in [7, 11) is 0. The zero-order valence-electron chi connectivity index (χ0n) is 19.0. The van der Waals surface area contributed by atoms with Crippen molar-refractivity contribution in [2.75, 3.05) is 5.75 Å². The first-order valence-electron chi connectivity index (χ1n) is 11.7. The van der Waals surface area contributed by atoms with Crippen LogP contribution in [0.1, 0.15) is 53.9 Å². The van der Waals surface area contributed by atoms with Crippen LogP contribution in [0.4, 0.5) is 8.78 Å². The minimum atomic E-state index is -0.879. The largest absolute Gasteiger partial charge is 0.293 e. The molecule has 1 heterocycles. The average Bonchev–Trinajstić information content (AvgIpc) is 2.89. The number of aromatic nitrogens is 2. The fourth-order valence-corrected chi connectivity index (χ4v) is 5.57. The fraction of sp³-hybridized carbons (Fsp3) is 0.250. The number of nitrogens with zero attached hydrogens (tertiary/aromatic N) is 2. The molecule has 4 nitrogen and oxygen atoms in total. The molecule has 0 radical (unpaired) electrons. The molecule has 178 valence electrons. The number of ketones is 1. The van der Waals surface area contributed by atoms with Gasteiger partial charge in [0.1, 0.15) is 11.6 Å². The van der Waals surface area contributed by atoms with Gasteiger partial charge in [0, 0.05) is 11.6 Å². The lowest BCUT2D eigenvalue weighted by Crippen LogP contribution is -2.23. The highest BCUT2D eigenvalue weighted by Crippen LogP contribution is 2.33. The number of thioether (sulfide) groups is 1. The number of fused-ring (bicyclic) bond motifs is 1. The van der Waals surface area contributed by atoms with Crippen LogP contribution in [-0.2, 0) is 0 Å². The number of Topliss-reactive ketones (excluding diaryl/α,β-unsaturated/α-hetero) is 1. The van der Waals surface area contributed by atoms with Gasteiger partial charge in [-0.3, -0.25) is 14.2 Å². The molecule has 0 N–H and O–H groups in total. The van der Waals surface area contributed by atoms with Crippen molar-refractivity contribution >= 4 is 28.4 Å². The third-order valence-electron chi connectivity index (χ3n) is 6.54. The number of carbonyl (C=O) groups is 1. The van der Waals surface area contributed by atoms with Crippen molar-refractivity contribution in [3.05, 3.63) is 99.8 Å². The Morgan fingerprint density at radius 1 is 0.971 bits per heavy atom. The third kappa shape index (κ3) is 4.91. The van der Waals surface area contributed by atoms with Crippen molar-refractivity contribution in [1.82, 2.24) is 9.55 Å². The fourth-order valence-electron chi connectivity index (χ4n) is 4.67. The van der Waals surface area contributed by atoms with E-state index in [-0.39, 0.29) is 22.4 Å². The van der Waals surface area contributed by atoms with Crippen molar-refractivity contribution in [3.8, 4) is 5.69 Å². The van der Waals surface area contributed by atoms with E-state index in [9.17, 15) is 18.4 Å². The van der Waals surface area contributed by atoms with Gasteiger partial charge in [0.05, 0.1) is 22.3 Å². The molecule has 0 spiro atoms. The number of para-hydroxylation sites is 1. The smallest absolute Gasteiger partial charge is 0.266 e. The Morgan fingerprint density at radius 2 is 1.71 bits per heavy atom. The summed E-state index contributed by atoms with van der Waals surface area (Å²) >= 11 is 1.06. The highest BCUT2D eigenvalue weighted by Gasteiger charge is 2.19. The van der Waals surface area contributed by atoms with Gasteiger partial charge in [-0.15, -0.1) is 0 Å². The monoisotopic (exact) mass is 490 g/mol. The molecular weight excluding hydrogens is 466 g/mol. The molecule has 4 aromatic rings. The molecular formula is C28H24F2N2O2S. The summed E-state index contributed by atoms with van der Waals surface area (Å²) in [5, 5.41) is 0.483. The second-order valence-corrected chi connectivity index (χ2v) is 9.76. The Hall–Kier alpha value is -3.32. The standard InChI is InChI=1S/C28H24F2N2O2S/c29-21-14-15-25(23(30)16-21)32-27(34)22-8-4-5-9-24(22)31-28(32)35-17-26(33)20-12-10-19(11-13-20)18-6-2-1-3-7-18/h4-5,8-16,18H,1-3,6-7,17H2. The van der Waals surface area contributed by atoms with E-state index >= 15 is 0 Å². The molecule has 0 unspecified atom stereocenters. The van der Waals surface area contributed by atoms with E-state index < -0.39 is 17.2 Å². The maximum absolute atomic E-state index is 14.6. The van der Waals surface area contributed by atoms with Crippen LogP contribution in [0.5, 0.6) is 0 Å². The van der Waals surface area contributed by atoms with Gasteiger partial charge in [-0.2, -0.15) is 0 Å². The van der Waals surface area contributed by atoms with Gasteiger partial charge in [-0.05, 0) is 48.6 Å². The molecule has 7 heteroatoms. The van der Waals surface area contributed by atoms with Gasteiger partial charge in [0.2, 0.25) is 0 Å². The van der Waals surface area contributed by atoms with Crippen LogP contribution in [0, 0.1) is 11.6 Å². The molecule has 1 fully saturated rings. The molecule has 0 saturated heterocycles. The van der Waals surface area contributed by atoms with Gasteiger partial charge < -0.3 is 0 Å². The van der Waals surface area contributed by atoms with E-state index in [4.69, 9.17) is 0 Å². The van der Waals surface area contributed by atoms with Gasteiger partial charge in [-0.1, -0.05) is 67.4 Å². The first kappa shape index (κ1) is 23.4. The number of hydrogen-bond donors (Lipinski definition) is 0. The molecule has 0 amide bonds. The first-order valence-corrected chi connectivity index (χ1v) is 12.7. The van der Waals surface area contributed by atoms with Crippen LogP contribution in [0.25, 0.3) is 16.6 Å². The Kier molecular flexibility index (Phi) is 6.77. The van der Waals surface area contributed by atoms with Crippen LogP contribution in [0.3, 0.4) is 0 Å². The summed E-state index contributed by atoms with van der Waals surface area (Å²) in [4.78, 5) is 30.7. The van der Waals surface area contributed by atoms with Crippen molar-refractivity contribution < 1.29 is 13.6 Å². The Labute approximate surface area is 206 Å². The zero-order valence-corrected chi connectivity index (χ0v) is 19.9. The Morgan fingerprint density at radius 3 is 2.46 bits per heavy atom. The molecule has 0 aliphatic heterocycles. The van der Waals surface area contributed by atoms with Gasteiger partial charge in [-0.25, -0.2) is 13.8 Å². The average molecular weight is 491 g/mol. The summed E-state index contributed by atoms with van der Waals surface area (Å²) in [6.45, 7) is 0. The van der Waals surface area contributed by atoms with Gasteiger partial charge in [0.15, 0.2) is 10.9 Å². The molecule has 35 heavy (non-hydrogen) atoms. The molecule has 1 aliphatic rings. The molecule has 1 saturated carbocycles. The molecule has 1 aliphatic carbocycles. The summed E-state index contributed by atoms with van der Waals surface area (Å²) in [5.41, 5.74) is 1.71. The lowest BCUT2D eigenvalue weighted by molar-refractivity contribution is 0.102. The Balaban J connectivity index is 1.43. The van der Waals surface area contributed by atoms with E-state index in [1.807, 2.05) is 24.3 Å². The number of halogens is 2. The SMILES string of the molecule is O=C(CSc1nc2ccccc2c(=O)n1-c1ccc(F)cc1F)c1ccc(C2CCCCC2)cc1. The molecule has 5 rings (SSSR count). The number of hydrogen-bond acceptors (Lipinski definition) is 4. The van der Waals surface area contributed by atoms with E-state index in [2.05, 4.69) is 4.98 Å². The number of rotatable bonds is 6. The van der Waals surface area contributed by atoms with Crippen molar-refractivity contribution in [3.63, 3.8) is 0 Å². The predicted octanol–water partition coefficient (Wildman–Crippen LogP) is 6.69. The molecule has 0 bridgehead atoms. The van der Waals surface area contributed by atoms with Crippen LogP contribution in [0.2, 0.25) is 0 Å². The second kappa shape index (κ2) is 10.1. The lowest BCUT2D eigenvalue weighted by atomic mass is 9.84. The minimum Gasteiger partial charge on any atom is -0.293 e. The quantitative estimate of drug-likeness (QED) is 0.172. The van der Waals surface area contributed by atoms with Crippen molar-refractivity contribution in [2.45, 2.75) is 43.2 Å². The maximum atomic E-state index is 14.6. The first-order chi connectivity index (χ1) is 17.0. The van der Waals surface area contributed by atoms with E-state index in [0.717, 1.165) is 28.5 Å². The van der Waals surface area contributed by atoms with Crippen LogP contribution in [0.15, 0.2) is 76.7 Å². The zero-order chi connectivity index (χ0) is 24.4. The normalized spacial score (nSPS) is 14.3. The predicted molar refractivity (Wildman–Crippen MR) is 135 cm³/mol. The van der Waals surface area contributed by atoms with E-state index in [1.165, 1.54) is 43.7 Å². The van der Waals surface area contributed by atoms with Crippen molar-refractivity contribution in [2.24, 2.45) is 0 Å². The van der Waals surface area contributed by atoms with Gasteiger partial charge >= 0.3 is 0 Å². The summed E-state index contributed by atoms with van der Waals surface area (Å²) in [6.07, 6.45) is 6.16. The van der Waals surface area contributed by atoms with Gasteiger partial charge in [0.25, 0.3) is 5.56 Å². The van der Waals surface area contributed by atoms with Crippen LogP contribution >= 0.6 is 11.8 Å². The number of carbonyl (C=O) groups excluding carboxylic acids is 1. The van der Waals surface area contributed by atoms with E-state index in [0.29, 0.717) is 22.4 Å². The minimum absolute atomic E-state index is 0.0242. The number of benzene rings is 3. The summed E-state index contributed by atoms with van der Waals surface area (Å²) in [5.74, 6) is -1.15. The summed E-state index contributed by atoms with van der Waals surface area (Å²) in [6, 6.07) is 17.6. The topological polar surface area (TPSA) is 52.0 Å². The van der Waals surface area contributed by atoms with E-state index in [1.54, 1.807) is 24.3 Å². The lowest BCUT2D eigenvalue weighted by Gasteiger charge is -2.22. The molecule has 3 aromatic carbocycles. The summed E-state index contributed by atoms with van der Waals surface area (Å²) < 4.78 is 29.3. The Bertz CT molecular complexity index is 1440. The second-order valence-electron chi connectivity index (χ2n) is 8.82. The third-order valence-corrected chi connectivity index (χ3v) is 7.48. The molecule has 1 aromatic heterocycles. The maximum Gasteiger partial charge on any atom is 0.266 e. The molecule has 0 atom stereocenters. The van der Waals surface area contributed by atoms with Crippen LogP contribution in [-0.4, -0.2) is 21.1 Å².